The monoisotopic (exact) mass is 405 g/mol. The van der Waals surface area contributed by atoms with Gasteiger partial charge >= 0.3 is 0 Å². The van der Waals surface area contributed by atoms with Crippen LogP contribution in [-0.2, 0) is 16.6 Å². The Morgan fingerprint density at radius 2 is 1.88 bits per heavy atom. The number of halogens is 1. The van der Waals surface area contributed by atoms with E-state index < -0.39 is 10.0 Å². The molecule has 1 N–H and O–H groups in total. The average molecular weight is 406 g/mol. The molecule has 5 nitrogen and oxygen atoms in total. The highest BCUT2D eigenvalue weighted by atomic mass is 35.5. The van der Waals surface area contributed by atoms with Crippen LogP contribution in [0.25, 0.3) is 10.4 Å². The summed E-state index contributed by atoms with van der Waals surface area (Å²) in [5, 5.41) is 0.648. The predicted molar refractivity (Wildman–Crippen MR) is 103 cm³/mol. The zero-order valence-corrected chi connectivity index (χ0v) is 16.1. The summed E-state index contributed by atoms with van der Waals surface area (Å²) in [7, 11) is -3.59. The molecule has 0 bridgehead atoms. The van der Waals surface area contributed by atoms with Crippen molar-refractivity contribution in [3.63, 3.8) is 0 Å². The van der Waals surface area contributed by atoms with Crippen LogP contribution >= 0.6 is 22.9 Å². The number of rotatable bonds is 6. The predicted octanol–water partition coefficient (Wildman–Crippen LogP) is 4.21. The number of hydrogen-bond donors (Lipinski definition) is 1. The Balaban J connectivity index is 1.48. The van der Waals surface area contributed by atoms with Crippen molar-refractivity contribution in [2.75, 3.05) is 0 Å². The van der Waals surface area contributed by atoms with E-state index in [4.69, 9.17) is 11.6 Å². The quantitative estimate of drug-likeness (QED) is 0.666. The van der Waals surface area contributed by atoms with Crippen LogP contribution in [0.3, 0.4) is 0 Å². The number of hydrogen-bond acceptors (Lipinski definition) is 5. The van der Waals surface area contributed by atoms with Crippen molar-refractivity contribution in [1.29, 1.82) is 0 Å². The van der Waals surface area contributed by atoms with Crippen molar-refractivity contribution in [2.45, 2.75) is 29.5 Å². The average Bonchev–Trinajstić information content (AvgIpc) is 3.37. The Morgan fingerprint density at radius 3 is 2.62 bits per heavy atom. The van der Waals surface area contributed by atoms with Crippen LogP contribution in [0.5, 0.6) is 0 Å². The van der Waals surface area contributed by atoms with Gasteiger partial charge in [-0.15, -0.1) is 11.3 Å². The summed E-state index contributed by atoms with van der Waals surface area (Å²) in [6.07, 6.45) is 3.91. The molecule has 1 aliphatic rings. The molecule has 26 heavy (non-hydrogen) atoms. The van der Waals surface area contributed by atoms with Gasteiger partial charge in [0.25, 0.3) is 0 Å². The van der Waals surface area contributed by atoms with Crippen molar-refractivity contribution < 1.29 is 8.42 Å². The summed E-state index contributed by atoms with van der Waals surface area (Å²) < 4.78 is 28.0. The van der Waals surface area contributed by atoms with E-state index in [1.54, 1.807) is 36.5 Å². The largest absolute Gasteiger partial charge is 0.250 e. The van der Waals surface area contributed by atoms with Crippen molar-refractivity contribution in [2.24, 2.45) is 0 Å². The summed E-state index contributed by atoms with van der Waals surface area (Å²) >= 11 is 7.12. The van der Waals surface area contributed by atoms with E-state index in [2.05, 4.69) is 14.7 Å². The molecule has 0 radical (unpaired) electrons. The third-order valence-electron chi connectivity index (χ3n) is 4.09. The zero-order valence-electron chi connectivity index (χ0n) is 13.7. The van der Waals surface area contributed by atoms with Gasteiger partial charge in [0.15, 0.2) is 0 Å². The fourth-order valence-corrected chi connectivity index (χ4v) is 5.00. The van der Waals surface area contributed by atoms with Gasteiger partial charge in [-0.05, 0) is 48.7 Å². The number of nitrogens with one attached hydrogen (secondary N) is 1. The van der Waals surface area contributed by atoms with E-state index in [0.29, 0.717) is 16.6 Å². The van der Waals surface area contributed by atoms with Gasteiger partial charge in [0.2, 0.25) is 10.0 Å². The molecule has 0 atom stereocenters. The van der Waals surface area contributed by atoms with Gasteiger partial charge < -0.3 is 0 Å². The Labute approximate surface area is 161 Å². The minimum atomic E-state index is -3.59. The molecule has 0 saturated heterocycles. The Morgan fingerprint density at radius 1 is 1.12 bits per heavy atom. The summed E-state index contributed by atoms with van der Waals surface area (Å²) in [5.74, 6) is 1.24. The lowest BCUT2D eigenvalue weighted by atomic mass is 10.2. The molecule has 2 heterocycles. The van der Waals surface area contributed by atoms with Crippen LogP contribution in [0.15, 0.2) is 52.9 Å². The fourth-order valence-electron chi connectivity index (χ4n) is 2.52. The lowest BCUT2D eigenvalue weighted by Crippen LogP contribution is -2.23. The number of sulfonamides is 1. The van der Waals surface area contributed by atoms with E-state index in [-0.39, 0.29) is 10.8 Å². The molecule has 4 rings (SSSR count). The van der Waals surface area contributed by atoms with Crippen molar-refractivity contribution in [1.82, 2.24) is 14.7 Å². The summed E-state index contributed by atoms with van der Waals surface area (Å²) in [5.41, 5.74) is 1.62. The summed E-state index contributed by atoms with van der Waals surface area (Å²) in [6, 6.07) is 12.5. The third-order valence-corrected chi connectivity index (χ3v) is 7.37. The second-order valence-corrected chi connectivity index (χ2v) is 9.64. The Bertz CT molecular complexity index is 1030. The van der Waals surface area contributed by atoms with Gasteiger partial charge in [0, 0.05) is 22.0 Å². The molecule has 1 aliphatic carbocycles. The standard InChI is InChI=1S/C18H16ClN3O2S2/c19-14-5-3-12(4-6-14)16-7-8-17(25-16)26(23,24)21-11-15-9-10-20-18(22-15)13-1-2-13/h3-10,13,21H,1-2,11H2. The molecule has 2 aromatic heterocycles. The van der Waals surface area contributed by atoms with Crippen LogP contribution in [0, 0.1) is 0 Å². The van der Waals surface area contributed by atoms with Gasteiger partial charge in [-0.25, -0.2) is 23.1 Å². The van der Waals surface area contributed by atoms with Crippen LogP contribution in [-0.4, -0.2) is 18.4 Å². The zero-order chi connectivity index (χ0) is 18.1. The lowest BCUT2D eigenvalue weighted by molar-refractivity contribution is 0.582. The van der Waals surface area contributed by atoms with E-state index in [1.807, 2.05) is 12.1 Å². The lowest BCUT2D eigenvalue weighted by Gasteiger charge is -2.05. The number of nitrogens with zero attached hydrogens (tertiary/aromatic N) is 2. The molecular formula is C18H16ClN3O2S2. The molecule has 0 amide bonds. The third kappa shape index (κ3) is 3.96. The molecule has 1 saturated carbocycles. The van der Waals surface area contributed by atoms with Crippen LogP contribution in [0.4, 0.5) is 0 Å². The molecule has 0 spiro atoms. The molecule has 0 unspecified atom stereocenters. The van der Waals surface area contributed by atoms with Crippen LogP contribution < -0.4 is 4.72 Å². The molecular weight excluding hydrogens is 390 g/mol. The van der Waals surface area contributed by atoms with Crippen molar-refractivity contribution >= 4 is 33.0 Å². The maximum absolute atomic E-state index is 12.6. The highest BCUT2D eigenvalue weighted by Crippen LogP contribution is 2.37. The molecule has 0 aliphatic heterocycles. The normalized spacial score (nSPS) is 14.5. The molecule has 134 valence electrons. The van der Waals surface area contributed by atoms with Gasteiger partial charge in [-0.2, -0.15) is 0 Å². The number of benzene rings is 1. The van der Waals surface area contributed by atoms with Crippen LogP contribution in [0.2, 0.25) is 5.02 Å². The van der Waals surface area contributed by atoms with E-state index in [0.717, 1.165) is 29.1 Å². The van der Waals surface area contributed by atoms with Gasteiger partial charge in [-0.3, -0.25) is 0 Å². The van der Waals surface area contributed by atoms with E-state index in [9.17, 15) is 8.42 Å². The van der Waals surface area contributed by atoms with Crippen molar-refractivity contribution in [3.8, 4) is 10.4 Å². The fraction of sp³-hybridized carbons (Fsp3) is 0.222. The topological polar surface area (TPSA) is 72.0 Å². The SMILES string of the molecule is O=S(=O)(NCc1ccnc(C2CC2)n1)c1ccc(-c2ccc(Cl)cc2)s1. The summed E-state index contributed by atoms with van der Waals surface area (Å²) in [4.78, 5) is 9.57. The second-order valence-electron chi connectivity index (χ2n) is 6.13. The Kier molecular flexibility index (Phi) is 4.79. The molecule has 3 aromatic rings. The van der Waals surface area contributed by atoms with E-state index in [1.165, 1.54) is 11.3 Å². The number of aromatic nitrogens is 2. The molecule has 1 fully saturated rings. The maximum Gasteiger partial charge on any atom is 0.250 e. The minimum absolute atomic E-state index is 0.152. The highest BCUT2D eigenvalue weighted by molar-refractivity contribution is 7.91. The summed E-state index contributed by atoms with van der Waals surface area (Å²) in [6.45, 7) is 0.152. The van der Waals surface area contributed by atoms with Gasteiger partial charge in [0.05, 0.1) is 12.2 Å². The second kappa shape index (κ2) is 7.08. The minimum Gasteiger partial charge on any atom is -0.241 e. The first kappa shape index (κ1) is 17.6. The van der Waals surface area contributed by atoms with Gasteiger partial charge in [-0.1, -0.05) is 23.7 Å². The van der Waals surface area contributed by atoms with Gasteiger partial charge in [0.1, 0.15) is 10.0 Å². The highest BCUT2D eigenvalue weighted by Gasteiger charge is 2.26. The first-order valence-corrected chi connectivity index (χ1v) is 10.9. The molecule has 8 heteroatoms. The Hall–Kier alpha value is -1.80. The first-order valence-electron chi connectivity index (χ1n) is 8.18. The van der Waals surface area contributed by atoms with E-state index >= 15 is 0 Å². The molecule has 1 aromatic carbocycles. The van der Waals surface area contributed by atoms with Crippen LogP contribution in [0.1, 0.15) is 30.3 Å². The smallest absolute Gasteiger partial charge is 0.241 e. The maximum atomic E-state index is 12.6. The number of thiophene rings is 1. The first-order chi connectivity index (χ1) is 12.5. The van der Waals surface area contributed by atoms with Crippen molar-refractivity contribution in [3.05, 3.63) is 65.2 Å².